The SMILES string of the molecule is C=CC1CC1(NC(=O)C1CC(Oc2cc(-c3ccccc3)nc3cc(OC)ccc23)CN1C(=O)C(NC(=O)OC(C)(C)C)C(C)(C)C)C(=O)NS(=O)(=O)C1(C=C(C)C)CC1. The quantitative estimate of drug-likeness (QED) is 0.168. The second-order valence-electron chi connectivity index (χ2n) is 18.4. The van der Waals surface area contributed by atoms with Gasteiger partial charge in [-0.05, 0) is 71.4 Å². The molecule has 15 heteroatoms. The number of aromatic nitrogens is 1. The van der Waals surface area contributed by atoms with E-state index in [1.807, 2.05) is 42.5 Å². The van der Waals surface area contributed by atoms with Gasteiger partial charge in [0.05, 0.1) is 24.9 Å². The van der Waals surface area contributed by atoms with Crippen LogP contribution < -0.4 is 24.8 Å². The van der Waals surface area contributed by atoms with Crippen molar-refractivity contribution in [3.63, 3.8) is 0 Å². The van der Waals surface area contributed by atoms with Gasteiger partial charge in [0.1, 0.15) is 45.6 Å². The fourth-order valence-electron chi connectivity index (χ4n) is 7.74. The minimum absolute atomic E-state index is 0.0000484. The lowest BCUT2D eigenvalue weighted by Gasteiger charge is -2.36. The number of ether oxygens (including phenoxy) is 3. The molecule has 1 saturated heterocycles. The van der Waals surface area contributed by atoms with Crippen molar-refractivity contribution in [1.82, 2.24) is 25.2 Å². The van der Waals surface area contributed by atoms with Gasteiger partial charge in [-0.3, -0.25) is 19.1 Å². The molecule has 3 fully saturated rings. The number of nitrogens with zero attached hydrogens (tertiary/aromatic N) is 2. The molecular formula is C45H57N5O9S. The molecule has 322 valence electrons. The van der Waals surface area contributed by atoms with Crippen LogP contribution in [-0.4, -0.2) is 89.8 Å². The highest BCUT2D eigenvalue weighted by atomic mass is 32.2. The van der Waals surface area contributed by atoms with E-state index in [1.54, 1.807) is 80.7 Å². The molecule has 0 bridgehead atoms. The molecule has 2 aromatic carbocycles. The molecule has 14 nitrogen and oxygen atoms in total. The molecule has 1 aromatic heterocycles. The molecule has 5 atom stereocenters. The van der Waals surface area contributed by atoms with Crippen molar-refractivity contribution in [2.45, 2.75) is 115 Å². The molecule has 2 saturated carbocycles. The number of rotatable bonds is 13. The van der Waals surface area contributed by atoms with E-state index in [1.165, 1.54) is 11.0 Å². The molecule has 0 radical (unpaired) electrons. The van der Waals surface area contributed by atoms with Gasteiger partial charge in [0, 0.05) is 35.4 Å². The van der Waals surface area contributed by atoms with E-state index in [2.05, 4.69) is 21.9 Å². The summed E-state index contributed by atoms with van der Waals surface area (Å²) in [4.78, 5) is 62.8. The lowest BCUT2D eigenvalue weighted by atomic mass is 9.85. The van der Waals surface area contributed by atoms with Crippen molar-refractivity contribution in [2.24, 2.45) is 11.3 Å². The lowest BCUT2D eigenvalue weighted by Crippen LogP contribution is -2.60. The van der Waals surface area contributed by atoms with Gasteiger partial charge in [-0.25, -0.2) is 18.2 Å². The second-order valence-corrected chi connectivity index (χ2v) is 20.4. The van der Waals surface area contributed by atoms with E-state index in [4.69, 9.17) is 19.2 Å². The summed E-state index contributed by atoms with van der Waals surface area (Å²) in [6.07, 6.45) is 2.45. The fourth-order valence-corrected chi connectivity index (χ4v) is 9.40. The number of allylic oxidation sites excluding steroid dienone is 1. The highest BCUT2D eigenvalue weighted by Gasteiger charge is 2.63. The van der Waals surface area contributed by atoms with Crippen LogP contribution in [0.25, 0.3) is 22.2 Å². The van der Waals surface area contributed by atoms with Gasteiger partial charge < -0.3 is 29.7 Å². The lowest BCUT2D eigenvalue weighted by molar-refractivity contribution is -0.143. The topological polar surface area (TPSA) is 182 Å². The standard InChI is InChI=1S/C45H57N5O9S/c1-11-29-25-45(29,40(53)49-60(55,56)44(19-20-44)24-27(2)3)48-38(51)35-22-31(26-50(35)39(52)37(42(4,5)6)47-41(54)59-43(7,8)9)58-36-23-33(28-15-13-12-14-16-28)46-34-21-30(57-10)17-18-32(34)36/h11-18,21,23-24,29,31,35,37H,1,19-20,22,25-26H2,2-10H3,(H,47,54)(H,48,51)(H,49,53). The third-order valence-corrected chi connectivity index (χ3v) is 13.1. The van der Waals surface area contributed by atoms with Crippen LogP contribution in [0.15, 0.2) is 78.9 Å². The maximum atomic E-state index is 14.8. The first kappa shape index (κ1) is 44.1. The van der Waals surface area contributed by atoms with E-state index in [9.17, 15) is 27.6 Å². The molecule has 2 heterocycles. The molecule has 3 N–H and O–H groups in total. The van der Waals surface area contributed by atoms with Gasteiger partial charge in [0.15, 0.2) is 0 Å². The number of fused-ring (bicyclic) bond motifs is 1. The van der Waals surface area contributed by atoms with E-state index in [-0.39, 0.29) is 19.4 Å². The van der Waals surface area contributed by atoms with Gasteiger partial charge in [-0.1, -0.05) is 68.8 Å². The van der Waals surface area contributed by atoms with Crippen molar-refractivity contribution in [3.8, 4) is 22.8 Å². The number of carbonyl (C=O) groups is 4. The minimum Gasteiger partial charge on any atom is -0.497 e. The first-order valence-corrected chi connectivity index (χ1v) is 21.7. The number of carbonyl (C=O) groups excluding carboxylic acids is 4. The van der Waals surface area contributed by atoms with Crippen molar-refractivity contribution < 1.29 is 41.8 Å². The number of benzene rings is 2. The van der Waals surface area contributed by atoms with Crippen molar-refractivity contribution in [2.75, 3.05) is 13.7 Å². The summed E-state index contributed by atoms with van der Waals surface area (Å²) >= 11 is 0. The summed E-state index contributed by atoms with van der Waals surface area (Å²) in [5.74, 6) is -1.64. The molecule has 3 aromatic rings. The number of nitrogens with one attached hydrogen (secondary N) is 3. The zero-order valence-electron chi connectivity index (χ0n) is 35.9. The van der Waals surface area contributed by atoms with Crippen LogP contribution in [0.2, 0.25) is 0 Å². The van der Waals surface area contributed by atoms with E-state index in [0.717, 1.165) is 11.1 Å². The number of alkyl carbamates (subject to hydrolysis) is 1. The first-order valence-electron chi connectivity index (χ1n) is 20.2. The van der Waals surface area contributed by atoms with E-state index >= 15 is 0 Å². The average Bonchev–Trinajstić information content (AvgIpc) is 4.06. The van der Waals surface area contributed by atoms with Crippen LogP contribution in [0.3, 0.4) is 0 Å². The number of amides is 4. The smallest absolute Gasteiger partial charge is 0.408 e. The molecule has 5 unspecified atom stereocenters. The number of pyridine rings is 1. The monoisotopic (exact) mass is 843 g/mol. The second kappa shape index (κ2) is 16.2. The number of hydrogen-bond acceptors (Lipinski definition) is 10. The Morgan fingerprint density at radius 2 is 1.68 bits per heavy atom. The van der Waals surface area contributed by atoms with Crippen molar-refractivity contribution >= 4 is 44.7 Å². The highest BCUT2D eigenvalue weighted by molar-refractivity contribution is 7.92. The summed E-state index contributed by atoms with van der Waals surface area (Å²) < 4.78 is 46.0. The summed E-state index contributed by atoms with van der Waals surface area (Å²) in [7, 11) is -2.58. The van der Waals surface area contributed by atoms with Crippen LogP contribution in [0, 0.1) is 11.3 Å². The van der Waals surface area contributed by atoms with Crippen LogP contribution >= 0.6 is 0 Å². The predicted octanol–water partition coefficient (Wildman–Crippen LogP) is 6.20. The number of methoxy groups -OCH3 is 1. The molecule has 1 aliphatic heterocycles. The molecule has 6 rings (SSSR count). The van der Waals surface area contributed by atoms with Crippen LogP contribution in [0.1, 0.15) is 81.1 Å². The average molecular weight is 844 g/mol. The van der Waals surface area contributed by atoms with Crippen LogP contribution in [0.5, 0.6) is 11.5 Å². The Bertz CT molecular complexity index is 2330. The van der Waals surface area contributed by atoms with Crippen LogP contribution in [0.4, 0.5) is 4.79 Å². The summed E-state index contributed by atoms with van der Waals surface area (Å²) in [5.41, 5.74) is -0.437. The van der Waals surface area contributed by atoms with Gasteiger partial charge in [0.2, 0.25) is 21.8 Å². The van der Waals surface area contributed by atoms with Gasteiger partial charge in [-0.15, -0.1) is 6.58 Å². The van der Waals surface area contributed by atoms with Crippen LogP contribution in [-0.2, 0) is 29.1 Å². The van der Waals surface area contributed by atoms with Gasteiger partial charge in [-0.2, -0.15) is 0 Å². The number of sulfonamides is 1. The third-order valence-electron chi connectivity index (χ3n) is 11.1. The zero-order chi connectivity index (χ0) is 44.0. The normalized spacial score (nSPS) is 22.5. The van der Waals surface area contributed by atoms with E-state index < -0.39 is 79.2 Å². The van der Waals surface area contributed by atoms with Crippen molar-refractivity contribution in [3.05, 3.63) is 78.9 Å². The minimum atomic E-state index is -4.15. The Hall–Kier alpha value is -5.44. The number of likely N-dealkylation sites (tertiary alicyclic amines) is 1. The zero-order valence-corrected chi connectivity index (χ0v) is 36.7. The Kier molecular flexibility index (Phi) is 11.9. The van der Waals surface area contributed by atoms with Gasteiger partial charge >= 0.3 is 6.09 Å². The Balaban J connectivity index is 1.35. The third kappa shape index (κ3) is 9.30. The summed E-state index contributed by atoms with van der Waals surface area (Å²) in [6.45, 7) is 17.9. The first-order chi connectivity index (χ1) is 28.0. The summed E-state index contributed by atoms with van der Waals surface area (Å²) in [5, 5.41) is 6.26. The molecule has 0 spiro atoms. The maximum absolute atomic E-state index is 14.8. The Labute approximate surface area is 352 Å². The largest absolute Gasteiger partial charge is 0.497 e. The highest BCUT2D eigenvalue weighted by Crippen LogP contribution is 2.48. The molecular weight excluding hydrogens is 787 g/mol. The Morgan fingerprint density at radius 3 is 2.25 bits per heavy atom. The van der Waals surface area contributed by atoms with E-state index in [0.29, 0.717) is 40.9 Å². The molecule has 4 amide bonds. The Morgan fingerprint density at radius 1 is 1.00 bits per heavy atom. The summed E-state index contributed by atoms with van der Waals surface area (Å²) in [6, 6.07) is 14.5. The predicted molar refractivity (Wildman–Crippen MR) is 229 cm³/mol. The maximum Gasteiger partial charge on any atom is 0.408 e. The number of hydrogen-bond donors (Lipinski definition) is 3. The molecule has 3 aliphatic rings. The van der Waals surface area contributed by atoms with Crippen molar-refractivity contribution in [1.29, 1.82) is 0 Å². The fraction of sp³-hybridized carbons (Fsp3) is 0.489. The molecule has 2 aliphatic carbocycles. The van der Waals surface area contributed by atoms with Gasteiger partial charge in [0.25, 0.3) is 5.91 Å². The molecule has 60 heavy (non-hydrogen) atoms.